The molecule has 3 rings (SSSR count). The molecule has 0 aliphatic carbocycles. The molecule has 0 radical (unpaired) electrons. The third-order valence-corrected chi connectivity index (χ3v) is 3.26. The number of aromatic nitrogens is 1. The zero-order valence-corrected chi connectivity index (χ0v) is 10.6. The molecule has 1 heterocycles. The van der Waals surface area contributed by atoms with Crippen molar-refractivity contribution in [3.05, 3.63) is 65.9 Å². The number of rotatable bonds is 1. The minimum absolute atomic E-state index is 1.07. The molecular weight excluding hydrogens is 218 g/mol. The quantitative estimate of drug-likeness (QED) is 0.602. The summed E-state index contributed by atoms with van der Waals surface area (Å²) in [6, 6.07) is 19.0. The lowest BCUT2D eigenvalue weighted by molar-refractivity contribution is 1.23. The summed E-state index contributed by atoms with van der Waals surface area (Å²) in [5.74, 6) is 0. The van der Waals surface area contributed by atoms with Crippen LogP contribution in [0.1, 0.15) is 11.3 Å². The van der Waals surface area contributed by atoms with Crippen molar-refractivity contribution >= 4 is 10.9 Å². The molecule has 1 heteroatoms. The monoisotopic (exact) mass is 233 g/mol. The fraction of sp³-hybridized carbons (Fsp3) is 0.118. The number of aryl methyl sites for hydroxylation is 2. The molecule has 0 N–H and O–H groups in total. The third kappa shape index (κ3) is 1.78. The van der Waals surface area contributed by atoms with Crippen LogP contribution in [-0.2, 0) is 0 Å². The number of hydrogen-bond acceptors (Lipinski definition) is 1. The van der Waals surface area contributed by atoms with Crippen LogP contribution in [0.15, 0.2) is 54.6 Å². The Bertz CT molecular complexity index is 699. The summed E-state index contributed by atoms with van der Waals surface area (Å²) in [5, 5.41) is 1.24. The minimum atomic E-state index is 1.07. The van der Waals surface area contributed by atoms with Crippen LogP contribution < -0.4 is 0 Å². The molecule has 0 spiro atoms. The Morgan fingerprint density at radius 3 is 2.39 bits per heavy atom. The first-order valence-corrected chi connectivity index (χ1v) is 6.18. The molecule has 0 fully saturated rings. The maximum atomic E-state index is 4.71. The summed E-state index contributed by atoms with van der Waals surface area (Å²) in [6.45, 7) is 4.19. The summed E-state index contributed by atoms with van der Waals surface area (Å²) in [4.78, 5) is 4.71. The average molecular weight is 233 g/mol. The van der Waals surface area contributed by atoms with E-state index >= 15 is 0 Å². The molecule has 18 heavy (non-hydrogen) atoms. The first kappa shape index (κ1) is 11.0. The molecule has 3 aromatic rings. The van der Waals surface area contributed by atoms with Crippen molar-refractivity contribution < 1.29 is 0 Å². The molecular formula is C17H15N. The van der Waals surface area contributed by atoms with Crippen molar-refractivity contribution in [2.45, 2.75) is 13.8 Å². The van der Waals surface area contributed by atoms with Gasteiger partial charge in [0.05, 0.1) is 5.52 Å². The van der Waals surface area contributed by atoms with Gasteiger partial charge in [-0.25, -0.2) is 0 Å². The fourth-order valence-electron chi connectivity index (χ4n) is 2.43. The fourth-order valence-corrected chi connectivity index (χ4v) is 2.43. The van der Waals surface area contributed by atoms with E-state index in [0.29, 0.717) is 0 Å². The summed E-state index contributed by atoms with van der Waals surface area (Å²) < 4.78 is 0. The maximum absolute atomic E-state index is 4.71. The smallest absolute Gasteiger partial charge is 0.0786 e. The summed E-state index contributed by atoms with van der Waals surface area (Å²) >= 11 is 0. The van der Waals surface area contributed by atoms with E-state index < -0.39 is 0 Å². The highest BCUT2D eigenvalue weighted by Crippen LogP contribution is 2.28. The van der Waals surface area contributed by atoms with Crippen LogP contribution in [0.5, 0.6) is 0 Å². The number of nitrogens with zero attached hydrogens (tertiary/aromatic N) is 1. The number of para-hydroxylation sites is 1. The van der Waals surface area contributed by atoms with Crippen molar-refractivity contribution in [3.63, 3.8) is 0 Å². The number of hydrogen-bond donors (Lipinski definition) is 0. The van der Waals surface area contributed by atoms with Gasteiger partial charge in [0.1, 0.15) is 0 Å². The molecule has 0 amide bonds. The molecule has 1 nitrogen and oxygen atoms in total. The largest absolute Gasteiger partial charge is 0.252 e. The zero-order chi connectivity index (χ0) is 12.5. The van der Waals surface area contributed by atoms with Gasteiger partial charge in [-0.3, -0.25) is 4.98 Å². The van der Waals surface area contributed by atoms with Gasteiger partial charge < -0.3 is 0 Å². The van der Waals surface area contributed by atoms with Crippen LogP contribution in [0.25, 0.3) is 22.0 Å². The first-order valence-electron chi connectivity index (χ1n) is 6.18. The highest BCUT2D eigenvalue weighted by Gasteiger charge is 2.06. The standard InChI is InChI=1S/C17H15N/c1-12-11-13(2)18-17-15(12)9-6-10-16(17)14-7-4-3-5-8-14/h3-11H,1-2H3. The van der Waals surface area contributed by atoms with Gasteiger partial charge in [-0.05, 0) is 31.0 Å². The van der Waals surface area contributed by atoms with Crippen molar-refractivity contribution in [1.82, 2.24) is 4.98 Å². The van der Waals surface area contributed by atoms with Crippen molar-refractivity contribution in [3.8, 4) is 11.1 Å². The van der Waals surface area contributed by atoms with E-state index in [4.69, 9.17) is 4.98 Å². The van der Waals surface area contributed by atoms with Crippen LogP contribution in [0, 0.1) is 13.8 Å². The topological polar surface area (TPSA) is 12.9 Å². The molecule has 0 aliphatic rings. The molecule has 1 aromatic heterocycles. The van der Waals surface area contributed by atoms with E-state index in [9.17, 15) is 0 Å². The predicted molar refractivity (Wildman–Crippen MR) is 76.7 cm³/mol. The number of benzene rings is 2. The van der Waals surface area contributed by atoms with E-state index in [2.05, 4.69) is 55.5 Å². The third-order valence-electron chi connectivity index (χ3n) is 3.26. The average Bonchev–Trinajstić information content (AvgIpc) is 2.39. The Morgan fingerprint density at radius 1 is 0.833 bits per heavy atom. The van der Waals surface area contributed by atoms with Crippen LogP contribution in [0.2, 0.25) is 0 Å². The predicted octanol–water partition coefficient (Wildman–Crippen LogP) is 4.52. The van der Waals surface area contributed by atoms with Gasteiger partial charge in [0, 0.05) is 16.6 Å². The molecule has 0 bridgehead atoms. The molecule has 2 aromatic carbocycles. The molecule has 0 aliphatic heterocycles. The van der Waals surface area contributed by atoms with E-state index in [1.165, 1.54) is 22.1 Å². The Morgan fingerprint density at radius 2 is 1.61 bits per heavy atom. The van der Waals surface area contributed by atoms with Crippen molar-refractivity contribution in [2.75, 3.05) is 0 Å². The second-order valence-corrected chi connectivity index (χ2v) is 4.65. The van der Waals surface area contributed by atoms with Crippen LogP contribution in [-0.4, -0.2) is 4.98 Å². The molecule has 0 saturated heterocycles. The van der Waals surface area contributed by atoms with Gasteiger partial charge in [0.15, 0.2) is 0 Å². The lowest BCUT2D eigenvalue weighted by Crippen LogP contribution is -1.90. The Hall–Kier alpha value is -2.15. The van der Waals surface area contributed by atoms with Gasteiger partial charge in [-0.2, -0.15) is 0 Å². The maximum Gasteiger partial charge on any atom is 0.0786 e. The molecule has 0 atom stereocenters. The van der Waals surface area contributed by atoms with Gasteiger partial charge in [-0.15, -0.1) is 0 Å². The lowest BCUT2D eigenvalue weighted by atomic mass is 9.99. The van der Waals surface area contributed by atoms with Gasteiger partial charge >= 0.3 is 0 Å². The van der Waals surface area contributed by atoms with E-state index in [1.807, 2.05) is 13.0 Å². The first-order chi connectivity index (χ1) is 8.75. The van der Waals surface area contributed by atoms with Crippen molar-refractivity contribution in [2.24, 2.45) is 0 Å². The van der Waals surface area contributed by atoms with E-state index in [0.717, 1.165) is 11.2 Å². The Labute approximate surface area is 107 Å². The second-order valence-electron chi connectivity index (χ2n) is 4.65. The van der Waals surface area contributed by atoms with Gasteiger partial charge in [0.25, 0.3) is 0 Å². The molecule has 88 valence electrons. The highest BCUT2D eigenvalue weighted by molar-refractivity contribution is 5.95. The van der Waals surface area contributed by atoms with Crippen LogP contribution >= 0.6 is 0 Å². The number of fused-ring (bicyclic) bond motifs is 1. The minimum Gasteiger partial charge on any atom is -0.252 e. The van der Waals surface area contributed by atoms with Gasteiger partial charge in [-0.1, -0.05) is 48.5 Å². The normalized spacial score (nSPS) is 10.8. The number of pyridine rings is 1. The van der Waals surface area contributed by atoms with Crippen molar-refractivity contribution in [1.29, 1.82) is 0 Å². The van der Waals surface area contributed by atoms with E-state index in [-0.39, 0.29) is 0 Å². The second kappa shape index (κ2) is 4.26. The van der Waals surface area contributed by atoms with E-state index in [1.54, 1.807) is 0 Å². The molecule has 0 saturated carbocycles. The molecule has 0 unspecified atom stereocenters. The summed E-state index contributed by atoms with van der Waals surface area (Å²) in [5.41, 5.74) is 5.89. The summed E-state index contributed by atoms with van der Waals surface area (Å²) in [7, 11) is 0. The SMILES string of the molecule is Cc1cc(C)c2cccc(-c3ccccc3)c2n1. The van der Waals surface area contributed by atoms with Crippen LogP contribution in [0.3, 0.4) is 0 Å². The Balaban J connectivity index is 2.37. The van der Waals surface area contributed by atoms with Crippen LogP contribution in [0.4, 0.5) is 0 Å². The summed E-state index contributed by atoms with van der Waals surface area (Å²) in [6.07, 6.45) is 0. The highest BCUT2D eigenvalue weighted by atomic mass is 14.7. The lowest BCUT2D eigenvalue weighted by Gasteiger charge is -2.09. The Kier molecular flexibility index (Phi) is 2.60. The zero-order valence-electron chi connectivity index (χ0n) is 10.6. The van der Waals surface area contributed by atoms with Gasteiger partial charge in [0.2, 0.25) is 0 Å².